The lowest BCUT2D eigenvalue weighted by molar-refractivity contribution is -0.0460. The molecular formula is C17H27NO2. The van der Waals surface area contributed by atoms with Crippen molar-refractivity contribution >= 4 is 0 Å². The van der Waals surface area contributed by atoms with Gasteiger partial charge in [0.1, 0.15) is 11.5 Å². The molecule has 20 heavy (non-hydrogen) atoms. The summed E-state index contributed by atoms with van der Waals surface area (Å²) in [7, 11) is 0. The summed E-state index contributed by atoms with van der Waals surface area (Å²) in [6.07, 6.45) is 3.62. The number of piperidine rings is 1. The van der Waals surface area contributed by atoms with Crippen LogP contribution in [0.25, 0.3) is 0 Å². The summed E-state index contributed by atoms with van der Waals surface area (Å²) in [6.45, 7) is 10.8. The van der Waals surface area contributed by atoms with Crippen LogP contribution in [-0.2, 0) is 11.3 Å². The maximum Gasteiger partial charge on any atom is 0.118 e. The van der Waals surface area contributed by atoms with Gasteiger partial charge in [0, 0.05) is 13.1 Å². The molecule has 0 radical (unpaired) electrons. The van der Waals surface area contributed by atoms with E-state index in [0.717, 1.165) is 49.6 Å². The predicted molar refractivity (Wildman–Crippen MR) is 79.6 cm³/mol. The number of likely N-dealkylation sites (tertiary alicyclic amines) is 1. The van der Waals surface area contributed by atoms with E-state index in [1.807, 2.05) is 13.0 Å². The van der Waals surface area contributed by atoms with Gasteiger partial charge in [-0.25, -0.2) is 0 Å². The lowest BCUT2D eigenvalue weighted by Gasteiger charge is -2.38. The molecule has 112 valence electrons. The molecule has 1 atom stereocenters. The Hall–Kier alpha value is -0.800. The van der Waals surface area contributed by atoms with E-state index >= 15 is 0 Å². The van der Waals surface area contributed by atoms with Crippen LogP contribution >= 0.6 is 0 Å². The van der Waals surface area contributed by atoms with Crippen molar-refractivity contribution < 1.29 is 9.15 Å². The second kappa shape index (κ2) is 5.53. The van der Waals surface area contributed by atoms with Gasteiger partial charge >= 0.3 is 0 Å². The zero-order valence-electron chi connectivity index (χ0n) is 13.0. The summed E-state index contributed by atoms with van der Waals surface area (Å²) < 4.78 is 11.9. The molecule has 2 aliphatic rings. The summed E-state index contributed by atoms with van der Waals surface area (Å²) in [5, 5.41) is 0. The minimum absolute atomic E-state index is 0.185. The number of ether oxygens (including phenoxy) is 1. The van der Waals surface area contributed by atoms with Gasteiger partial charge < -0.3 is 9.15 Å². The van der Waals surface area contributed by atoms with Crippen LogP contribution in [0.1, 0.15) is 44.6 Å². The van der Waals surface area contributed by atoms with Gasteiger partial charge in [-0.3, -0.25) is 4.90 Å². The molecule has 3 rings (SSSR count). The molecule has 1 spiro atoms. The molecule has 0 amide bonds. The second-order valence-corrected chi connectivity index (χ2v) is 6.99. The number of hydrogen-bond donors (Lipinski definition) is 0. The molecular weight excluding hydrogens is 250 g/mol. The highest BCUT2D eigenvalue weighted by atomic mass is 16.5. The SMILES string of the molecule is Cc1ccc(CN2CCC3(CC2)C[C@H](C(C)C)CO3)o1. The van der Waals surface area contributed by atoms with Crippen molar-refractivity contribution in [1.82, 2.24) is 4.90 Å². The molecule has 2 saturated heterocycles. The first-order valence-corrected chi connectivity index (χ1v) is 7.98. The van der Waals surface area contributed by atoms with Crippen LogP contribution in [0.4, 0.5) is 0 Å². The molecule has 0 saturated carbocycles. The van der Waals surface area contributed by atoms with Crippen molar-refractivity contribution in [2.75, 3.05) is 19.7 Å². The molecule has 0 unspecified atom stereocenters. The van der Waals surface area contributed by atoms with Gasteiger partial charge in [0.2, 0.25) is 0 Å². The standard InChI is InChI=1S/C17H27NO2/c1-13(2)15-10-17(19-12-15)6-8-18(9-7-17)11-16-5-4-14(3)20-16/h4-5,13,15H,6-12H2,1-3H3/t15-/m0/s1. The van der Waals surface area contributed by atoms with Crippen molar-refractivity contribution in [3.05, 3.63) is 23.7 Å². The van der Waals surface area contributed by atoms with Crippen LogP contribution in [0.15, 0.2) is 16.5 Å². The molecule has 0 N–H and O–H groups in total. The minimum Gasteiger partial charge on any atom is -0.465 e. The molecule has 1 aromatic heterocycles. The Morgan fingerprint density at radius 1 is 1.30 bits per heavy atom. The van der Waals surface area contributed by atoms with Gasteiger partial charge in [0.15, 0.2) is 0 Å². The maximum atomic E-state index is 6.21. The fourth-order valence-corrected chi connectivity index (χ4v) is 3.57. The van der Waals surface area contributed by atoms with Gasteiger partial charge in [-0.05, 0) is 50.2 Å². The minimum atomic E-state index is 0.185. The van der Waals surface area contributed by atoms with Crippen molar-refractivity contribution in [2.45, 2.75) is 52.2 Å². The largest absolute Gasteiger partial charge is 0.465 e. The highest BCUT2D eigenvalue weighted by Gasteiger charge is 2.43. The van der Waals surface area contributed by atoms with E-state index in [2.05, 4.69) is 24.8 Å². The third-order valence-corrected chi connectivity index (χ3v) is 5.12. The summed E-state index contributed by atoms with van der Waals surface area (Å²) in [5.74, 6) is 3.60. The Kier molecular flexibility index (Phi) is 3.91. The van der Waals surface area contributed by atoms with E-state index in [1.54, 1.807) is 0 Å². The van der Waals surface area contributed by atoms with Gasteiger partial charge in [-0.2, -0.15) is 0 Å². The summed E-state index contributed by atoms with van der Waals surface area (Å²) in [6, 6.07) is 4.15. The van der Waals surface area contributed by atoms with Crippen LogP contribution in [0, 0.1) is 18.8 Å². The van der Waals surface area contributed by atoms with Gasteiger partial charge in [0.25, 0.3) is 0 Å². The van der Waals surface area contributed by atoms with Crippen molar-refractivity contribution in [1.29, 1.82) is 0 Å². The molecule has 3 heteroatoms. The quantitative estimate of drug-likeness (QED) is 0.844. The van der Waals surface area contributed by atoms with E-state index in [0.29, 0.717) is 0 Å². The first kappa shape index (κ1) is 14.2. The van der Waals surface area contributed by atoms with Crippen LogP contribution < -0.4 is 0 Å². The van der Waals surface area contributed by atoms with Gasteiger partial charge in [0.05, 0.1) is 18.8 Å². The number of rotatable bonds is 3. The average molecular weight is 277 g/mol. The Bertz CT molecular complexity index is 444. The highest BCUT2D eigenvalue weighted by Crippen LogP contribution is 2.41. The van der Waals surface area contributed by atoms with Gasteiger partial charge in [-0.1, -0.05) is 13.8 Å². The Labute approximate surface area is 122 Å². The Morgan fingerprint density at radius 2 is 2.05 bits per heavy atom. The summed E-state index contributed by atoms with van der Waals surface area (Å²) >= 11 is 0. The van der Waals surface area contributed by atoms with Crippen molar-refractivity contribution in [3.8, 4) is 0 Å². The molecule has 0 aliphatic carbocycles. The lowest BCUT2D eigenvalue weighted by atomic mass is 9.82. The normalized spacial score (nSPS) is 26.7. The summed E-state index contributed by atoms with van der Waals surface area (Å²) in [4.78, 5) is 2.50. The highest BCUT2D eigenvalue weighted by molar-refractivity contribution is 5.06. The number of furan rings is 1. The van der Waals surface area contributed by atoms with E-state index < -0.39 is 0 Å². The van der Waals surface area contributed by atoms with Crippen LogP contribution in [-0.4, -0.2) is 30.2 Å². The first-order chi connectivity index (χ1) is 9.56. The van der Waals surface area contributed by atoms with Crippen LogP contribution in [0.2, 0.25) is 0 Å². The van der Waals surface area contributed by atoms with Crippen LogP contribution in [0.3, 0.4) is 0 Å². The molecule has 0 bridgehead atoms. The molecule has 0 aromatic carbocycles. The third kappa shape index (κ3) is 2.94. The molecule has 2 fully saturated rings. The third-order valence-electron chi connectivity index (χ3n) is 5.12. The fourth-order valence-electron chi connectivity index (χ4n) is 3.57. The number of aryl methyl sites for hydroxylation is 1. The topological polar surface area (TPSA) is 25.6 Å². The zero-order valence-corrected chi connectivity index (χ0v) is 13.0. The Balaban J connectivity index is 1.52. The van der Waals surface area contributed by atoms with Crippen molar-refractivity contribution in [3.63, 3.8) is 0 Å². The zero-order chi connectivity index (χ0) is 14.2. The first-order valence-electron chi connectivity index (χ1n) is 7.98. The molecule has 3 heterocycles. The molecule has 1 aromatic rings. The van der Waals surface area contributed by atoms with E-state index in [1.165, 1.54) is 19.3 Å². The molecule has 2 aliphatic heterocycles. The summed E-state index contributed by atoms with van der Waals surface area (Å²) in [5.41, 5.74) is 0.185. The number of hydrogen-bond acceptors (Lipinski definition) is 3. The van der Waals surface area contributed by atoms with E-state index in [9.17, 15) is 0 Å². The Morgan fingerprint density at radius 3 is 2.60 bits per heavy atom. The monoisotopic (exact) mass is 277 g/mol. The smallest absolute Gasteiger partial charge is 0.118 e. The van der Waals surface area contributed by atoms with Gasteiger partial charge in [-0.15, -0.1) is 0 Å². The van der Waals surface area contributed by atoms with Crippen molar-refractivity contribution in [2.24, 2.45) is 11.8 Å². The van der Waals surface area contributed by atoms with E-state index in [4.69, 9.17) is 9.15 Å². The van der Waals surface area contributed by atoms with E-state index in [-0.39, 0.29) is 5.60 Å². The predicted octanol–water partition coefficient (Wildman–Crippen LogP) is 3.62. The lowest BCUT2D eigenvalue weighted by Crippen LogP contribution is -2.43. The second-order valence-electron chi connectivity index (χ2n) is 6.99. The van der Waals surface area contributed by atoms with Crippen LogP contribution in [0.5, 0.6) is 0 Å². The molecule has 3 nitrogen and oxygen atoms in total. The maximum absolute atomic E-state index is 6.21. The average Bonchev–Trinajstić information content (AvgIpc) is 3.00. The number of nitrogens with zero attached hydrogens (tertiary/aromatic N) is 1. The fraction of sp³-hybridized carbons (Fsp3) is 0.765.